The van der Waals surface area contributed by atoms with Gasteiger partial charge in [-0.1, -0.05) is 5.92 Å². The molecule has 0 radical (unpaired) electrons. The molecule has 5 rings (SSSR count). The highest BCUT2D eigenvalue weighted by atomic mass is 32.1. The van der Waals surface area contributed by atoms with Gasteiger partial charge in [0.2, 0.25) is 0 Å². The number of aryl methyl sites for hydroxylation is 2. The van der Waals surface area contributed by atoms with Crippen molar-refractivity contribution in [1.82, 2.24) is 20.2 Å². The van der Waals surface area contributed by atoms with E-state index in [-0.39, 0.29) is 0 Å². The molecule has 0 amide bonds. The molecule has 0 aliphatic heterocycles. The van der Waals surface area contributed by atoms with Gasteiger partial charge in [0.05, 0.1) is 35.1 Å². The van der Waals surface area contributed by atoms with E-state index in [2.05, 4.69) is 26.1 Å². The normalized spacial score (nSPS) is 11.4. The predicted octanol–water partition coefficient (Wildman–Crippen LogP) is 4.81. The van der Waals surface area contributed by atoms with E-state index in [0.717, 1.165) is 58.5 Å². The molecule has 0 bridgehead atoms. The summed E-state index contributed by atoms with van der Waals surface area (Å²) >= 11 is 3.05. The van der Waals surface area contributed by atoms with E-state index in [1.54, 1.807) is 24.6 Å². The van der Waals surface area contributed by atoms with Gasteiger partial charge in [-0.15, -0.1) is 29.1 Å². The first-order valence-corrected chi connectivity index (χ1v) is 10.5. The Kier molecular flexibility index (Phi) is 3.91. The molecule has 29 heavy (non-hydrogen) atoms. The number of aromatic amines is 1. The average Bonchev–Trinajstić information content (AvgIpc) is 3.42. The molecule has 0 saturated carbocycles. The van der Waals surface area contributed by atoms with Crippen molar-refractivity contribution in [1.29, 1.82) is 5.41 Å². The number of H-pyrrole nitrogens is 1. The number of benzene rings is 1. The highest BCUT2D eigenvalue weighted by molar-refractivity contribution is 7.21. The first-order valence-electron chi connectivity index (χ1n) is 8.78. The molecule has 0 spiro atoms. The first-order chi connectivity index (χ1) is 14.0. The Morgan fingerprint density at radius 2 is 2.10 bits per heavy atom. The Morgan fingerprint density at radius 1 is 1.28 bits per heavy atom. The minimum absolute atomic E-state index is 0.334. The van der Waals surface area contributed by atoms with Crippen LogP contribution in [0.1, 0.15) is 27.3 Å². The summed E-state index contributed by atoms with van der Waals surface area (Å²) in [6.07, 6.45) is 7.52. The number of terminal acetylenes is 1. The average molecular weight is 418 g/mol. The SMILES string of the molecule is C#Cc1csc2cc3[nH]ncc3c(C(=N)c3sc4nc(OC)nc(C)c4c3C)c12. The Bertz CT molecular complexity index is 1500. The highest BCUT2D eigenvalue weighted by Gasteiger charge is 2.23. The largest absolute Gasteiger partial charge is 0.467 e. The summed E-state index contributed by atoms with van der Waals surface area (Å²) in [6, 6.07) is 2.37. The van der Waals surface area contributed by atoms with E-state index in [1.807, 2.05) is 25.3 Å². The smallest absolute Gasteiger partial charge is 0.317 e. The summed E-state index contributed by atoms with van der Waals surface area (Å²) in [4.78, 5) is 10.5. The van der Waals surface area contributed by atoms with E-state index in [9.17, 15) is 0 Å². The van der Waals surface area contributed by atoms with E-state index < -0.39 is 0 Å². The zero-order valence-corrected chi connectivity index (χ0v) is 17.5. The maximum Gasteiger partial charge on any atom is 0.317 e. The lowest BCUT2D eigenvalue weighted by Gasteiger charge is -2.08. The fourth-order valence-corrected chi connectivity index (χ4v) is 5.86. The molecule has 0 aliphatic rings. The molecule has 0 aliphatic carbocycles. The lowest BCUT2D eigenvalue weighted by Crippen LogP contribution is -2.03. The van der Waals surface area contributed by atoms with Gasteiger partial charge >= 0.3 is 6.01 Å². The van der Waals surface area contributed by atoms with Gasteiger partial charge in [-0.3, -0.25) is 10.5 Å². The molecule has 5 aromatic rings. The van der Waals surface area contributed by atoms with Crippen LogP contribution in [0.25, 0.3) is 31.2 Å². The van der Waals surface area contributed by atoms with Gasteiger partial charge < -0.3 is 4.74 Å². The summed E-state index contributed by atoms with van der Waals surface area (Å²) in [5, 5.41) is 21.1. The van der Waals surface area contributed by atoms with Crippen LogP contribution < -0.4 is 4.74 Å². The molecule has 2 N–H and O–H groups in total. The molecule has 8 heteroatoms. The molecule has 4 aromatic heterocycles. The fraction of sp³-hybridized carbons (Fsp3) is 0.143. The molecule has 6 nitrogen and oxygen atoms in total. The molecule has 142 valence electrons. The Morgan fingerprint density at radius 3 is 2.86 bits per heavy atom. The van der Waals surface area contributed by atoms with Crippen molar-refractivity contribution in [3.8, 4) is 18.4 Å². The van der Waals surface area contributed by atoms with Crippen LogP contribution >= 0.6 is 22.7 Å². The van der Waals surface area contributed by atoms with Crippen LogP contribution in [0.5, 0.6) is 6.01 Å². The van der Waals surface area contributed by atoms with Crippen LogP contribution in [0.15, 0.2) is 17.6 Å². The predicted molar refractivity (Wildman–Crippen MR) is 119 cm³/mol. The van der Waals surface area contributed by atoms with E-state index in [1.165, 1.54) is 11.3 Å². The second-order valence-corrected chi connectivity index (χ2v) is 8.57. The van der Waals surface area contributed by atoms with Crippen molar-refractivity contribution >= 4 is 59.6 Å². The van der Waals surface area contributed by atoms with Crippen molar-refractivity contribution in [3.63, 3.8) is 0 Å². The van der Waals surface area contributed by atoms with Gasteiger partial charge in [-0.25, -0.2) is 0 Å². The van der Waals surface area contributed by atoms with Crippen LogP contribution in [0.2, 0.25) is 0 Å². The number of hydrogen-bond acceptors (Lipinski definition) is 7. The second kappa shape index (κ2) is 6.37. The van der Waals surface area contributed by atoms with E-state index in [4.69, 9.17) is 16.6 Å². The minimum Gasteiger partial charge on any atom is -0.467 e. The van der Waals surface area contributed by atoms with Crippen molar-refractivity contribution < 1.29 is 4.74 Å². The lowest BCUT2D eigenvalue weighted by molar-refractivity contribution is 0.381. The van der Waals surface area contributed by atoms with Crippen LogP contribution in [-0.2, 0) is 0 Å². The van der Waals surface area contributed by atoms with Crippen molar-refractivity contribution in [2.24, 2.45) is 0 Å². The number of methoxy groups -OCH3 is 1. The highest BCUT2D eigenvalue weighted by Crippen LogP contribution is 2.39. The number of nitrogens with zero attached hydrogens (tertiary/aromatic N) is 3. The molecule has 4 heterocycles. The second-order valence-electron chi connectivity index (χ2n) is 6.66. The quantitative estimate of drug-likeness (QED) is 0.326. The van der Waals surface area contributed by atoms with Crippen LogP contribution in [0, 0.1) is 31.6 Å². The zero-order valence-electron chi connectivity index (χ0n) is 15.9. The maximum atomic E-state index is 9.15. The third kappa shape index (κ3) is 2.48. The van der Waals surface area contributed by atoms with E-state index in [0.29, 0.717) is 11.7 Å². The number of thiophene rings is 2. The molecular weight excluding hydrogens is 402 g/mol. The first kappa shape index (κ1) is 17.8. The van der Waals surface area contributed by atoms with Crippen molar-refractivity contribution in [2.75, 3.05) is 7.11 Å². The molecule has 1 aromatic carbocycles. The summed E-state index contributed by atoms with van der Waals surface area (Å²) in [6.45, 7) is 3.94. The Labute approximate surface area is 174 Å². The molecule has 0 fully saturated rings. The van der Waals surface area contributed by atoms with E-state index >= 15 is 0 Å². The van der Waals surface area contributed by atoms with Crippen molar-refractivity contribution in [2.45, 2.75) is 13.8 Å². The number of ether oxygens (including phenoxy) is 1. The number of nitrogens with one attached hydrogen (secondary N) is 2. The summed E-state index contributed by atoms with van der Waals surface area (Å²) in [5.41, 5.74) is 4.72. The topological polar surface area (TPSA) is 87.5 Å². The monoisotopic (exact) mass is 417 g/mol. The lowest BCUT2D eigenvalue weighted by atomic mass is 9.96. The zero-order chi connectivity index (χ0) is 20.3. The molecular formula is C21H15N5OS2. The fourth-order valence-electron chi connectivity index (χ4n) is 3.73. The van der Waals surface area contributed by atoms with Crippen LogP contribution in [-0.4, -0.2) is 33.0 Å². The molecule has 0 atom stereocenters. The number of hydrogen-bond donors (Lipinski definition) is 2. The Hall–Kier alpha value is -3.28. The third-order valence-corrected chi connectivity index (χ3v) is 7.18. The number of rotatable bonds is 3. The third-order valence-electron chi connectivity index (χ3n) is 5.05. The van der Waals surface area contributed by atoms with Gasteiger partial charge in [-0.2, -0.15) is 15.1 Å². The molecule has 0 unspecified atom stereocenters. The minimum atomic E-state index is 0.334. The summed E-state index contributed by atoms with van der Waals surface area (Å²) < 4.78 is 6.25. The van der Waals surface area contributed by atoms with Crippen LogP contribution in [0.4, 0.5) is 0 Å². The Balaban J connectivity index is 1.84. The standard InChI is InChI=1S/C21H15N5OS2/c1-5-11-8-28-14-6-13-12(7-23-26-13)17(16(11)14)18(22)19-9(2)15-10(3)24-21(27-4)25-20(15)29-19/h1,6-8,22H,2-4H3,(H,23,26). The van der Waals surface area contributed by atoms with Crippen molar-refractivity contribution in [3.05, 3.63) is 44.9 Å². The van der Waals surface area contributed by atoms with Gasteiger partial charge in [0, 0.05) is 37.4 Å². The summed E-state index contributed by atoms with van der Waals surface area (Å²) in [7, 11) is 1.55. The maximum absolute atomic E-state index is 9.15. The van der Waals surface area contributed by atoms with Crippen LogP contribution in [0.3, 0.4) is 0 Å². The van der Waals surface area contributed by atoms with Gasteiger partial charge in [0.1, 0.15) is 4.83 Å². The van der Waals surface area contributed by atoms with Gasteiger partial charge in [-0.05, 0) is 25.5 Å². The number of fused-ring (bicyclic) bond motifs is 3. The number of aromatic nitrogens is 4. The van der Waals surface area contributed by atoms with Gasteiger partial charge in [0.15, 0.2) is 0 Å². The van der Waals surface area contributed by atoms with Gasteiger partial charge in [0.25, 0.3) is 0 Å². The summed E-state index contributed by atoms with van der Waals surface area (Å²) in [5.74, 6) is 2.77. The molecule has 0 saturated heterocycles.